The zero-order valence-corrected chi connectivity index (χ0v) is 14.8. The molecule has 0 saturated heterocycles. The van der Waals surface area contributed by atoms with Gasteiger partial charge >= 0.3 is 0 Å². The molecule has 0 aromatic carbocycles. The van der Waals surface area contributed by atoms with Gasteiger partial charge in [0, 0.05) is 21.9 Å². The Morgan fingerprint density at radius 3 is 2.72 bits per heavy atom. The Morgan fingerprint density at radius 1 is 1.56 bits per heavy atom. The Bertz CT molecular complexity index is 398. The van der Waals surface area contributed by atoms with Crippen LogP contribution in [0.4, 0.5) is 0 Å². The summed E-state index contributed by atoms with van der Waals surface area (Å²) in [5.74, 6) is 0. The number of thiophene rings is 1. The Balaban J connectivity index is 2.02. The predicted octanol–water partition coefficient (Wildman–Crippen LogP) is 4.44. The predicted molar refractivity (Wildman–Crippen MR) is 86.1 cm³/mol. The molecule has 1 fully saturated rings. The van der Waals surface area contributed by atoms with Gasteiger partial charge in [-0.15, -0.1) is 11.3 Å². The topological polar surface area (TPSA) is 38.0 Å². The molecule has 0 radical (unpaired) electrons. The van der Waals surface area contributed by atoms with E-state index in [0.29, 0.717) is 18.0 Å². The molecule has 2 nitrogen and oxygen atoms in total. The standard InChI is InChI=1S/C13H20Br2N2S/c1-13(2)4-3-8(6-13)17-10(7-16)11-5-9(14)12(15)18-11/h5,8,10,17H,3-4,6-7,16H2,1-2H3. The van der Waals surface area contributed by atoms with Gasteiger partial charge in [0.05, 0.1) is 9.83 Å². The van der Waals surface area contributed by atoms with E-state index in [1.165, 1.54) is 24.1 Å². The lowest BCUT2D eigenvalue weighted by Gasteiger charge is -2.22. The summed E-state index contributed by atoms with van der Waals surface area (Å²) in [5.41, 5.74) is 6.40. The fourth-order valence-corrected chi connectivity index (χ4v) is 4.83. The third-order valence-electron chi connectivity index (χ3n) is 3.65. The highest BCUT2D eigenvalue weighted by Gasteiger charge is 2.32. The van der Waals surface area contributed by atoms with E-state index in [4.69, 9.17) is 5.73 Å². The molecule has 0 bridgehead atoms. The summed E-state index contributed by atoms with van der Waals surface area (Å²) in [5, 5.41) is 3.72. The van der Waals surface area contributed by atoms with Gasteiger partial charge in [-0.05, 0) is 62.6 Å². The van der Waals surface area contributed by atoms with Crippen molar-refractivity contribution >= 4 is 43.2 Å². The fraction of sp³-hybridized carbons (Fsp3) is 0.692. The smallest absolute Gasteiger partial charge is 0.0843 e. The van der Waals surface area contributed by atoms with Gasteiger partial charge in [0.1, 0.15) is 0 Å². The van der Waals surface area contributed by atoms with E-state index in [0.717, 1.165) is 8.26 Å². The second-order valence-electron chi connectivity index (χ2n) is 5.83. The Labute approximate surface area is 130 Å². The number of halogens is 2. The van der Waals surface area contributed by atoms with Crippen LogP contribution < -0.4 is 11.1 Å². The lowest BCUT2D eigenvalue weighted by Crippen LogP contribution is -2.35. The summed E-state index contributed by atoms with van der Waals surface area (Å²) < 4.78 is 2.26. The molecule has 0 spiro atoms. The zero-order valence-electron chi connectivity index (χ0n) is 10.8. The number of hydrogen-bond acceptors (Lipinski definition) is 3. The summed E-state index contributed by atoms with van der Waals surface area (Å²) in [4.78, 5) is 1.31. The summed E-state index contributed by atoms with van der Waals surface area (Å²) >= 11 is 8.84. The van der Waals surface area contributed by atoms with Crippen LogP contribution in [0, 0.1) is 5.41 Å². The van der Waals surface area contributed by atoms with E-state index >= 15 is 0 Å². The van der Waals surface area contributed by atoms with Gasteiger partial charge in [0.2, 0.25) is 0 Å². The third kappa shape index (κ3) is 3.57. The van der Waals surface area contributed by atoms with Gasteiger partial charge in [-0.2, -0.15) is 0 Å². The first-order valence-corrected chi connectivity index (χ1v) is 8.72. The number of rotatable bonds is 4. The molecule has 1 saturated carbocycles. The van der Waals surface area contributed by atoms with Crippen molar-refractivity contribution in [2.24, 2.45) is 11.1 Å². The van der Waals surface area contributed by atoms with Gasteiger partial charge in [0.15, 0.2) is 0 Å². The second-order valence-corrected chi connectivity index (χ2v) is 9.09. The number of nitrogens with one attached hydrogen (secondary N) is 1. The molecular formula is C13H20Br2N2S. The maximum Gasteiger partial charge on any atom is 0.0843 e. The van der Waals surface area contributed by atoms with Crippen molar-refractivity contribution in [3.63, 3.8) is 0 Å². The van der Waals surface area contributed by atoms with Crippen LogP contribution >= 0.6 is 43.2 Å². The maximum atomic E-state index is 5.92. The molecule has 0 amide bonds. The zero-order chi connectivity index (χ0) is 13.3. The highest BCUT2D eigenvalue weighted by molar-refractivity contribution is 9.13. The molecule has 2 atom stereocenters. The van der Waals surface area contributed by atoms with Crippen LogP contribution in [0.1, 0.15) is 44.0 Å². The fourth-order valence-electron chi connectivity index (χ4n) is 2.66. The van der Waals surface area contributed by atoms with E-state index in [1.807, 2.05) is 0 Å². The van der Waals surface area contributed by atoms with Crippen molar-refractivity contribution in [2.45, 2.75) is 45.2 Å². The Kier molecular flexibility index (Phi) is 4.92. The van der Waals surface area contributed by atoms with Gasteiger partial charge in [-0.25, -0.2) is 0 Å². The number of hydrogen-bond donors (Lipinski definition) is 2. The Hall–Kier alpha value is 0.580. The molecule has 5 heteroatoms. The van der Waals surface area contributed by atoms with Crippen LogP contribution in [0.5, 0.6) is 0 Å². The van der Waals surface area contributed by atoms with Gasteiger partial charge < -0.3 is 11.1 Å². The van der Waals surface area contributed by atoms with Crippen molar-refractivity contribution in [1.29, 1.82) is 0 Å². The van der Waals surface area contributed by atoms with Crippen molar-refractivity contribution < 1.29 is 0 Å². The minimum atomic E-state index is 0.275. The first kappa shape index (κ1) is 15.0. The molecule has 1 aromatic rings. The monoisotopic (exact) mass is 394 g/mol. The van der Waals surface area contributed by atoms with Crippen molar-refractivity contribution in [1.82, 2.24) is 5.32 Å². The van der Waals surface area contributed by atoms with Gasteiger partial charge in [0.25, 0.3) is 0 Å². The minimum Gasteiger partial charge on any atom is -0.329 e. The van der Waals surface area contributed by atoms with Crippen LogP contribution in [0.15, 0.2) is 14.3 Å². The molecule has 3 N–H and O–H groups in total. The highest BCUT2D eigenvalue weighted by Crippen LogP contribution is 2.39. The van der Waals surface area contributed by atoms with Crippen molar-refractivity contribution in [2.75, 3.05) is 6.54 Å². The maximum absolute atomic E-state index is 5.92. The molecule has 1 aliphatic rings. The molecule has 2 rings (SSSR count). The largest absolute Gasteiger partial charge is 0.329 e. The minimum absolute atomic E-state index is 0.275. The van der Waals surface area contributed by atoms with Gasteiger partial charge in [-0.1, -0.05) is 13.8 Å². The summed E-state index contributed by atoms with van der Waals surface area (Å²) in [6, 6.07) is 3.05. The first-order chi connectivity index (χ1) is 8.41. The first-order valence-electron chi connectivity index (χ1n) is 6.32. The van der Waals surface area contributed by atoms with Crippen LogP contribution in [0.3, 0.4) is 0 Å². The SMILES string of the molecule is CC1(C)CCC(NC(CN)c2cc(Br)c(Br)s2)C1. The van der Waals surface area contributed by atoms with E-state index in [2.05, 4.69) is 57.1 Å². The van der Waals surface area contributed by atoms with Crippen molar-refractivity contribution in [3.05, 3.63) is 19.2 Å². The molecule has 2 unspecified atom stereocenters. The molecule has 1 heterocycles. The average molecular weight is 396 g/mol. The molecule has 1 aromatic heterocycles. The molecule has 18 heavy (non-hydrogen) atoms. The molecule has 102 valence electrons. The van der Waals surface area contributed by atoms with Crippen LogP contribution in [0.2, 0.25) is 0 Å². The summed E-state index contributed by atoms with van der Waals surface area (Å²) in [6.45, 7) is 5.35. The quantitative estimate of drug-likeness (QED) is 0.790. The normalized spacial score (nSPS) is 24.4. The summed E-state index contributed by atoms with van der Waals surface area (Å²) in [7, 11) is 0. The third-order valence-corrected chi connectivity index (χ3v) is 7.02. The van der Waals surface area contributed by atoms with Crippen molar-refractivity contribution in [3.8, 4) is 0 Å². The van der Waals surface area contributed by atoms with Crippen LogP contribution in [0.25, 0.3) is 0 Å². The Morgan fingerprint density at radius 2 is 2.28 bits per heavy atom. The lowest BCUT2D eigenvalue weighted by atomic mass is 9.92. The van der Waals surface area contributed by atoms with E-state index in [1.54, 1.807) is 11.3 Å². The van der Waals surface area contributed by atoms with Crippen LogP contribution in [-0.4, -0.2) is 12.6 Å². The molecule has 1 aliphatic carbocycles. The molecule has 0 aliphatic heterocycles. The summed E-state index contributed by atoms with van der Waals surface area (Å²) in [6.07, 6.45) is 3.81. The van der Waals surface area contributed by atoms with Crippen LogP contribution in [-0.2, 0) is 0 Å². The van der Waals surface area contributed by atoms with Gasteiger partial charge in [-0.3, -0.25) is 0 Å². The van der Waals surface area contributed by atoms with E-state index in [9.17, 15) is 0 Å². The number of nitrogens with two attached hydrogens (primary N) is 1. The molecular weight excluding hydrogens is 376 g/mol. The average Bonchev–Trinajstić information content (AvgIpc) is 2.79. The highest BCUT2D eigenvalue weighted by atomic mass is 79.9. The lowest BCUT2D eigenvalue weighted by molar-refractivity contribution is 0.354. The second kappa shape index (κ2) is 5.92. The van der Waals surface area contributed by atoms with E-state index in [-0.39, 0.29) is 6.04 Å². The van der Waals surface area contributed by atoms with E-state index < -0.39 is 0 Å².